The summed E-state index contributed by atoms with van der Waals surface area (Å²) in [6.07, 6.45) is 2.07. The Morgan fingerprint density at radius 2 is 1.32 bits per heavy atom. The topological polar surface area (TPSA) is 52.6 Å². The summed E-state index contributed by atoms with van der Waals surface area (Å²) in [5.41, 5.74) is 1.05. The minimum absolute atomic E-state index is 0.0303. The van der Waals surface area contributed by atoms with Crippen molar-refractivity contribution >= 4 is 69.9 Å². The van der Waals surface area contributed by atoms with Gasteiger partial charge in [0.1, 0.15) is 16.7 Å². The molecule has 0 aromatic heterocycles. The highest BCUT2D eigenvalue weighted by molar-refractivity contribution is 6.55. The highest BCUT2D eigenvalue weighted by Gasteiger charge is 2.22. The number of allylic oxidation sites excluding steroid dienone is 1. The van der Waals surface area contributed by atoms with Crippen molar-refractivity contribution in [3.63, 3.8) is 0 Å². The van der Waals surface area contributed by atoms with Crippen molar-refractivity contribution in [3.8, 4) is 5.75 Å². The van der Waals surface area contributed by atoms with Crippen LogP contribution in [0, 0.1) is 0 Å². The van der Waals surface area contributed by atoms with Gasteiger partial charge in [-0.2, -0.15) is 0 Å². The van der Waals surface area contributed by atoms with E-state index in [2.05, 4.69) is 0 Å². The van der Waals surface area contributed by atoms with E-state index < -0.39 is 11.9 Å². The fourth-order valence-corrected chi connectivity index (χ4v) is 2.79. The molecule has 0 heterocycles. The average molecular weight is 449 g/mol. The second kappa shape index (κ2) is 10.5. The summed E-state index contributed by atoms with van der Waals surface area (Å²) in [6.45, 7) is 4.00. The number of halogens is 5. The van der Waals surface area contributed by atoms with Crippen molar-refractivity contribution in [1.82, 2.24) is 0 Å². The van der Waals surface area contributed by atoms with Crippen LogP contribution in [0.1, 0.15) is 33.1 Å². The molecule has 0 atom stereocenters. The molecule has 0 spiro atoms. The number of ether oxygens (including phenoxy) is 2. The summed E-state index contributed by atoms with van der Waals surface area (Å²) in [7, 11) is 0. The lowest BCUT2D eigenvalue weighted by Crippen LogP contribution is -2.11. The monoisotopic (exact) mass is 446 g/mol. The first-order valence-electron chi connectivity index (χ1n) is 7.16. The molecule has 0 aliphatic rings. The van der Waals surface area contributed by atoms with Crippen LogP contribution in [0.3, 0.4) is 0 Å². The summed E-state index contributed by atoms with van der Waals surface area (Å²) < 4.78 is 10.1. The standard InChI is InChI=1S/C16H15Cl5O4/c1-8(2)6-7-24-9(22)4-3-5-10(23)25-16-14(20)12(18)11(17)13(19)15(16)21/h6H,3-5,7H2,1-2H3. The summed E-state index contributed by atoms with van der Waals surface area (Å²) >= 11 is 29.6. The van der Waals surface area contributed by atoms with Crippen LogP contribution < -0.4 is 4.74 Å². The summed E-state index contributed by atoms with van der Waals surface area (Å²) in [5, 5.41) is -0.393. The molecule has 1 rings (SSSR count). The van der Waals surface area contributed by atoms with Crippen LogP contribution in [0.4, 0.5) is 0 Å². The Labute approximate surface area is 170 Å². The lowest BCUT2D eigenvalue weighted by atomic mass is 10.2. The Morgan fingerprint density at radius 1 is 0.840 bits per heavy atom. The van der Waals surface area contributed by atoms with Gasteiger partial charge < -0.3 is 9.47 Å². The molecule has 0 aliphatic heterocycles. The third kappa shape index (κ3) is 6.87. The van der Waals surface area contributed by atoms with Gasteiger partial charge in [0.05, 0.1) is 15.1 Å². The highest BCUT2D eigenvalue weighted by atomic mass is 35.5. The molecule has 25 heavy (non-hydrogen) atoms. The smallest absolute Gasteiger partial charge is 0.311 e. The quantitative estimate of drug-likeness (QED) is 0.156. The zero-order chi connectivity index (χ0) is 19.1. The van der Waals surface area contributed by atoms with Crippen molar-refractivity contribution in [1.29, 1.82) is 0 Å². The van der Waals surface area contributed by atoms with Crippen LogP contribution in [-0.4, -0.2) is 18.5 Å². The van der Waals surface area contributed by atoms with E-state index in [1.54, 1.807) is 6.08 Å². The molecule has 1 aromatic rings. The molecule has 0 amide bonds. The maximum absolute atomic E-state index is 11.9. The number of hydrogen-bond donors (Lipinski definition) is 0. The SMILES string of the molecule is CC(C)=CCOC(=O)CCCC(=O)Oc1c(Cl)c(Cl)c(Cl)c(Cl)c1Cl. The van der Waals surface area contributed by atoms with Gasteiger partial charge in [-0.25, -0.2) is 0 Å². The zero-order valence-electron chi connectivity index (χ0n) is 13.4. The van der Waals surface area contributed by atoms with E-state index in [9.17, 15) is 9.59 Å². The van der Waals surface area contributed by atoms with E-state index in [1.165, 1.54) is 0 Å². The maximum Gasteiger partial charge on any atom is 0.311 e. The van der Waals surface area contributed by atoms with Crippen molar-refractivity contribution in [2.75, 3.05) is 6.61 Å². The molecule has 0 aliphatic carbocycles. The molecular formula is C16H15Cl5O4. The fraction of sp³-hybridized carbons (Fsp3) is 0.375. The Hall–Kier alpha value is -0.650. The second-order valence-corrected chi connectivity index (χ2v) is 7.08. The van der Waals surface area contributed by atoms with Gasteiger partial charge in [0.25, 0.3) is 0 Å². The molecule has 138 valence electrons. The average Bonchev–Trinajstić information content (AvgIpc) is 2.55. The van der Waals surface area contributed by atoms with E-state index in [0.29, 0.717) is 0 Å². The molecule has 0 unspecified atom stereocenters. The lowest BCUT2D eigenvalue weighted by molar-refractivity contribution is -0.142. The molecular weight excluding hydrogens is 433 g/mol. The van der Waals surface area contributed by atoms with Gasteiger partial charge in [0.2, 0.25) is 0 Å². The van der Waals surface area contributed by atoms with Crippen LogP contribution in [0.2, 0.25) is 25.1 Å². The predicted octanol–water partition coefficient (Wildman–Crippen LogP) is 6.54. The number of hydrogen-bond acceptors (Lipinski definition) is 4. The van der Waals surface area contributed by atoms with E-state index in [-0.39, 0.29) is 56.7 Å². The number of esters is 2. The normalized spacial score (nSPS) is 10.4. The molecule has 0 fully saturated rings. The van der Waals surface area contributed by atoms with Crippen LogP contribution in [0.25, 0.3) is 0 Å². The molecule has 1 aromatic carbocycles. The molecule has 0 N–H and O–H groups in total. The van der Waals surface area contributed by atoms with E-state index in [4.69, 9.17) is 67.5 Å². The van der Waals surface area contributed by atoms with Gasteiger partial charge in [-0.1, -0.05) is 63.6 Å². The van der Waals surface area contributed by atoms with Gasteiger partial charge in [0, 0.05) is 12.8 Å². The maximum atomic E-state index is 11.9. The van der Waals surface area contributed by atoms with Crippen molar-refractivity contribution in [2.45, 2.75) is 33.1 Å². The number of carbonyl (C=O) groups excluding carboxylic acids is 2. The zero-order valence-corrected chi connectivity index (χ0v) is 17.2. The summed E-state index contributed by atoms with van der Waals surface area (Å²) in [6, 6.07) is 0. The van der Waals surface area contributed by atoms with Crippen molar-refractivity contribution in [2.24, 2.45) is 0 Å². The van der Waals surface area contributed by atoms with E-state index in [1.807, 2.05) is 13.8 Å². The first kappa shape index (κ1) is 22.4. The first-order chi connectivity index (χ1) is 11.6. The molecule has 0 bridgehead atoms. The number of carbonyl (C=O) groups is 2. The van der Waals surface area contributed by atoms with E-state index >= 15 is 0 Å². The van der Waals surface area contributed by atoms with Gasteiger partial charge >= 0.3 is 11.9 Å². The molecule has 4 nitrogen and oxygen atoms in total. The fourth-order valence-electron chi connectivity index (χ4n) is 1.59. The lowest BCUT2D eigenvalue weighted by Gasteiger charge is -2.12. The van der Waals surface area contributed by atoms with E-state index in [0.717, 1.165) is 5.57 Å². The number of benzene rings is 1. The third-order valence-corrected chi connectivity index (χ3v) is 5.13. The summed E-state index contributed by atoms with van der Waals surface area (Å²) in [4.78, 5) is 23.4. The molecule has 0 saturated heterocycles. The Balaban J connectivity index is 2.56. The van der Waals surface area contributed by atoms with Gasteiger partial charge in [-0.05, 0) is 26.3 Å². The Kier molecular flexibility index (Phi) is 9.39. The summed E-state index contributed by atoms with van der Waals surface area (Å²) in [5.74, 6) is -1.21. The van der Waals surface area contributed by atoms with Crippen LogP contribution >= 0.6 is 58.0 Å². The first-order valence-corrected chi connectivity index (χ1v) is 9.05. The van der Waals surface area contributed by atoms with Crippen LogP contribution in [0.5, 0.6) is 5.75 Å². The van der Waals surface area contributed by atoms with Gasteiger partial charge in [-0.15, -0.1) is 0 Å². The molecule has 0 saturated carbocycles. The molecule has 0 radical (unpaired) electrons. The van der Waals surface area contributed by atoms with Gasteiger partial charge in [0.15, 0.2) is 5.75 Å². The highest BCUT2D eigenvalue weighted by Crippen LogP contribution is 2.48. The largest absolute Gasteiger partial charge is 0.461 e. The minimum atomic E-state index is -0.643. The second-order valence-electron chi connectivity index (χ2n) is 5.19. The minimum Gasteiger partial charge on any atom is -0.461 e. The molecule has 9 heteroatoms. The predicted molar refractivity (Wildman–Crippen MR) is 101 cm³/mol. The van der Waals surface area contributed by atoms with Crippen LogP contribution in [0.15, 0.2) is 11.6 Å². The van der Waals surface area contributed by atoms with Crippen molar-refractivity contribution in [3.05, 3.63) is 36.8 Å². The number of rotatable bonds is 7. The van der Waals surface area contributed by atoms with Gasteiger partial charge in [-0.3, -0.25) is 9.59 Å². The van der Waals surface area contributed by atoms with Crippen molar-refractivity contribution < 1.29 is 19.1 Å². The Morgan fingerprint density at radius 3 is 1.84 bits per heavy atom. The Bertz CT molecular complexity index is 667. The van der Waals surface area contributed by atoms with Crippen LogP contribution in [-0.2, 0) is 14.3 Å². The third-order valence-electron chi connectivity index (χ3n) is 2.88.